The van der Waals surface area contributed by atoms with Crippen LogP contribution in [-0.2, 0) is 0 Å². The Labute approximate surface area is 96.9 Å². The van der Waals surface area contributed by atoms with Gasteiger partial charge in [-0.05, 0) is 25.7 Å². The SMILES string of the molecule is CC/C=C\CCCCCCCNI. The fourth-order valence-corrected chi connectivity index (χ4v) is 1.65. The minimum Gasteiger partial charge on any atom is -0.261 e. The average molecular weight is 295 g/mol. The van der Waals surface area contributed by atoms with Gasteiger partial charge in [0.1, 0.15) is 0 Å². The summed E-state index contributed by atoms with van der Waals surface area (Å²) in [6, 6.07) is 0. The molecule has 0 aromatic heterocycles. The molecular formula is C11H22IN. The fourth-order valence-electron chi connectivity index (χ4n) is 1.27. The van der Waals surface area contributed by atoms with E-state index in [9.17, 15) is 0 Å². The topological polar surface area (TPSA) is 12.0 Å². The van der Waals surface area contributed by atoms with Crippen molar-refractivity contribution in [2.45, 2.75) is 51.9 Å². The van der Waals surface area contributed by atoms with Crippen LogP contribution in [0.2, 0.25) is 0 Å². The van der Waals surface area contributed by atoms with Gasteiger partial charge in [0.15, 0.2) is 0 Å². The van der Waals surface area contributed by atoms with Gasteiger partial charge < -0.3 is 0 Å². The van der Waals surface area contributed by atoms with Gasteiger partial charge in [0, 0.05) is 29.4 Å². The number of allylic oxidation sites excluding steroid dienone is 2. The third-order valence-electron chi connectivity index (χ3n) is 2.04. The second-order valence-electron chi connectivity index (χ2n) is 3.32. The van der Waals surface area contributed by atoms with E-state index < -0.39 is 0 Å². The molecule has 0 amide bonds. The number of halogens is 1. The smallest absolute Gasteiger partial charge is 0.0169 e. The van der Waals surface area contributed by atoms with Gasteiger partial charge in [-0.1, -0.05) is 38.3 Å². The fraction of sp³-hybridized carbons (Fsp3) is 0.818. The molecule has 13 heavy (non-hydrogen) atoms. The Morgan fingerprint density at radius 1 is 1.00 bits per heavy atom. The molecule has 0 saturated heterocycles. The second kappa shape index (κ2) is 12.4. The Morgan fingerprint density at radius 3 is 2.38 bits per heavy atom. The zero-order chi connectivity index (χ0) is 9.78. The summed E-state index contributed by atoms with van der Waals surface area (Å²) in [5, 5.41) is 0. The van der Waals surface area contributed by atoms with Crippen LogP contribution in [0.1, 0.15) is 51.9 Å². The van der Waals surface area contributed by atoms with Crippen molar-refractivity contribution in [3.05, 3.63) is 12.2 Å². The summed E-state index contributed by atoms with van der Waals surface area (Å²) in [5.74, 6) is 0. The van der Waals surface area contributed by atoms with E-state index in [2.05, 4.69) is 45.5 Å². The van der Waals surface area contributed by atoms with Gasteiger partial charge in [-0.3, -0.25) is 3.53 Å². The summed E-state index contributed by atoms with van der Waals surface area (Å²) in [7, 11) is 0. The molecule has 0 aliphatic rings. The van der Waals surface area contributed by atoms with E-state index in [4.69, 9.17) is 0 Å². The molecule has 0 rings (SSSR count). The maximum absolute atomic E-state index is 3.15. The first-order valence-corrected chi connectivity index (χ1v) is 6.48. The number of hydrogen-bond donors (Lipinski definition) is 1. The molecule has 0 aromatic rings. The van der Waals surface area contributed by atoms with Crippen LogP contribution in [0.4, 0.5) is 0 Å². The Balaban J connectivity index is 2.87. The molecule has 1 N–H and O–H groups in total. The molecule has 0 spiro atoms. The highest BCUT2D eigenvalue weighted by atomic mass is 127. The van der Waals surface area contributed by atoms with Crippen molar-refractivity contribution in [1.29, 1.82) is 0 Å². The lowest BCUT2D eigenvalue weighted by atomic mass is 10.1. The van der Waals surface area contributed by atoms with Gasteiger partial charge in [-0.15, -0.1) is 0 Å². The third kappa shape index (κ3) is 12.4. The summed E-state index contributed by atoms with van der Waals surface area (Å²) < 4.78 is 3.15. The minimum absolute atomic E-state index is 1.16. The van der Waals surface area contributed by atoms with E-state index in [1.54, 1.807) is 0 Å². The summed E-state index contributed by atoms with van der Waals surface area (Å²) in [6.45, 7) is 3.35. The summed E-state index contributed by atoms with van der Waals surface area (Å²) in [4.78, 5) is 0. The number of unbranched alkanes of at least 4 members (excludes halogenated alkanes) is 5. The lowest BCUT2D eigenvalue weighted by Crippen LogP contribution is -1.98. The van der Waals surface area contributed by atoms with Crippen molar-refractivity contribution in [2.24, 2.45) is 0 Å². The molecule has 0 saturated carbocycles. The Hall–Kier alpha value is 0.430. The van der Waals surface area contributed by atoms with E-state index in [1.165, 1.54) is 44.9 Å². The van der Waals surface area contributed by atoms with Gasteiger partial charge in [0.2, 0.25) is 0 Å². The third-order valence-corrected chi connectivity index (χ3v) is 2.58. The summed E-state index contributed by atoms with van der Waals surface area (Å²) in [6.07, 6.45) is 13.9. The zero-order valence-electron chi connectivity index (χ0n) is 8.69. The predicted octanol–water partition coefficient (Wildman–Crippen LogP) is 4.23. The van der Waals surface area contributed by atoms with Gasteiger partial charge in [-0.2, -0.15) is 0 Å². The van der Waals surface area contributed by atoms with Gasteiger partial charge in [0.25, 0.3) is 0 Å². The van der Waals surface area contributed by atoms with E-state index in [-0.39, 0.29) is 0 Å². The standard InChI is InChI=1S/C11H22IN/c1-2-3-4-5-6-7-8-9-10-11-13-12/h3-4,13H,2,5-11H2,1H3/b4-3-. The van der Waals surface area contributed by atoms with Gasteiger partial charge in [-0.25, -0.2) is 0 Å². The molecule has 0 atom stereocenters. The van der Waals surface area contributed by atoms with Crippen LogP contribution in [0.5, 0.6) is 0 Å². The normalized spacial score (nSPS) is 11.2. The van der Waals surface area contributed by atoms with Crippen LogP contribution in [0.25, 0.3) is 0 Å². The van der Waals surface area contributed by atoms with Gasteiger partial charge >= 0.3 is 0 Å². The molecule has 0 heterocycles. The molecule has 1 nitrogen and oxygen atoms in total. The summed E-state index contributed by atoms with van der Waals surface area (Å²) >= 11 is 2.21. The van der Waals surface area contributed by atoms with Crippen molar-refractivity contribution in [1.82, 2.24) is 3.53 Å². The average Bonchev–Trinajstić information content (AvgIpc) is 2.16. The monoisotopic (exact) mass is 295 g/mol. The van der Waals surface area contributed by atoms with E-state index in [1.807, 2.05) is 0 Å². The van der Waals surface area contributed by atoms with Crippen molar-refractivity contribution < 1.29 is 0 Å². The van der Waals surface area contributed by atoms with Crippen LogP contribution in [-0.4, -0.2) is 6.54 Å². The highest BCUT2D eigenvalue weighted by Crippen LogP contribution is 2.05. The van der Waals surface area contributed by atoms with E-state index >= 15 is 0 Å². The van der Waals surface area contributed by atoms with Crippen LogP contribution >= 0.6 is 22.9 Å². The molecule has 0 bridgehead atoms. The van der Waals surface area contributed by atoms with Crippen LogP contribution in [0.15, 0.2) is 12.2 Å². The Kier molecular flexibility index (Phi) is 12.8. The van der Waals surface area contributed by atoms with Crippen molar-refractivity contribution in [3.63, 3.8) is 0 Å². The molecule has 78 valence electrons. The quantitative estimate of drug-likeness (QED) is 0.290. The first-order valence-electron chi connectivity index (χ1n) is 5.40. The lowest BCUT2D eigenvalue weighted by molar-refractivity contribution is 0.618. The maximum atomic E-state index is 3.15. The summed E-state index contributed by atoms with van der Waals surface area (Å²) in [5.41, 5.74) is 0. The molecular weight excluding hydrogens is 273 g/mol. The lowest BCUT2D eigenvalue weighted by Gasteiger charge is -1.98. The van der Waals surface area contributed by atoms with Crippen molar-refractivity contribution in [2.75, 3.05) is 6.54 Å². The van der Waals surface area contributed by atoms with Crippen LogP contribution < -0.4 is 3.53 Å². The Morgan fingerprint density at radius 2 is 1.69 bits per heavy atom. The second-order valence-corrected chi connectivity index (χ2v) is 4.08. The molecule has 0 aliphatic heterocycles. The van der Waals surface area contributed by atoms with Crippen LogP contribution in [0.3, 0.4) is 0 Å². The molecule has 0 radical (unpaired) electrons. The number of nitrogens with one attached hydrogen (secondary N) is 1. The first-order chi connectivity index (χ1) is 6.41. The van der Waals surface area contributed by atoms with E-state index in [0.717, 1.165) is 6.54 Å². The van der Waals surface area contributed by atoms with Crippen LogP contribution in [0, 0.1) is 0 Å². The van der Waals surface area contributed by atoms with Crippen molar-refractivity contribution in [3.8, 4) is 0 Å². The van der Waals surface area contributed by atoms with Gasteiger partial charge in [0.05, 0.1) is 0 Å². The highest BCUT2D eigenvalue weighted by Gasteiger charge is 1.88. The first kappa shape index (κ1) is 13.4. The number of hydrogen-bond acceptors (Lipinski definition) is 1. The molecule has 0 aliphatic carbocycles. The minimum atomic E-state index is 1.16. The highest BCUT2D eigenvalue weighted by molar-refractivity contribution is 14.1. The predicted molar refractivity (Wildman–Crippen MR) is 69.2 cm³/mol. The number of rotatable bonds is 9. The molecule has 0 unspecified atom stereocenters. The molecule has 0 aromatic carbocycles. The van der Waals surface area contributed by atoms with Crippen molar-refractivity contribution >= 4 is 22.9 Å². The Bertz CT molecular complexity index is 113. The largest absolute Gasteiger partial charge is 0.261 e. The maximum Gasteiger partial charge on any atom is 0.0169 e. The molecule has 0 fully saturated rings. The molecule has 2 heteroatoms. The van der Waals surface area contributed by atoms with E-state index in [0.29, 0.717) is 0 Å². The zero-order valence-corrected chi connectivity index (χ0v) is 10.8.